The Morgan fingerprint density at radius 3 is 2.53 bits per heavy atom. The van der Waals surface area contributed by atoms with E-state index in [0.29, 0.717) is 33.5 Å². The molecule has 4 rings (SSSR count). The van der Waals surface area contributed by atoms with Gasteiger partial charge in [-0.1, -0.05) is 12.1 Å². The van der Waals surface area contributed by atoms with Gasteiger partial charge in [-0.3, -0.25) is 14.9 Å². The minimum Gasteiger partial charge on any atom is -0.497 e. The number of alkyl halides is 2. The number of amides is 1. The molecule has 34 heavy (non-hydrogen) atoms. The number of ether oxygens (including phenoxy) is 2. The summed E-state index contributed by atoms with van der Waals surface area (Å²) in [6.07, 6.45) is 1.66. The summed E-state index contributed by atoms with van der Waals surface area (Å²) in [5.41, 5.74) is 2.00. The zero-order valence-electron chi connectivity index (χ0n) is 17.9. The third kappa shape index (κ3) is 4.96. The Bertz CT molecular complexity index is 1350. The van der Waals surface area contributed by atoms with Gasteiger partial charge in [-0.15, -0.1) is 0 Å². The molecule has 0 saturated heterocycles. The number of fused-ring (bicyclic) bond motifs is 1. The SMILES string of the molecule is COc1ccc(-c2cc(NC(=O)Cn3ccc4cc([N+](=O)[O-])ccc43)ccc2OC(F)F)cc1. The number of nitrogens with zero attached hydrogens (tertiary/aromatic N) is 2. The van der Waals surface area contributed by atoms with Gasteiger partial charge in [-0.2, -0.15) is 8.78 Å². The minimum atomic E-state index is -3.00. The Morgan fingerprint density at radius 2 is 1.85 bits per heavy atom. The van der Waals surface area contributed by atoms with E-state index in [1.165, 1.54) is 31.4 Å². The highest BCUT2D eigenvalue weighted by molar-refractivity contribution is 5.93. The van der Waals surface area contributed by atoms with E-state index in [-0.39, 0.29) is 23.9 Å². The quantitative estimate of drug-likeness (QED) is 0.274. The number of carbonyl (C=O) groups is 1. The maximum absolute atomic E-state index is 12.9. The second kappa shape index (κ2) is 9.57. The highest BCUT2D eigenvalue weighted by atomic mass is 19.3. The van der Waals surface area contributed by atoms with Gasteiger partial charge in [0.15, 0.2) is 0 Å². The lowest BCUT2D eigenvalue weighted by Gasteiger charge is -2.14. The van der Waals surface area contributed by atoms with Crippen LogP contribution in [0.15, 0.2) is 72.9 Å². The lowest BCUT2D eigenvalue weighted by atomic mass is 10.0. The van der Waals surface area contributed by atoms with E-state index in [4.69, 9.17) is 4.74 Å². The van der Waals surface area contributed by atoms with Crippen LogP contribution in [0.1, 0.15) is 0 Å². The number of benzene rings is 3. The van der Waals surface area contributed by atoms with Crippen LogP contribution in [0.5, 0.6) is 11.5 Å². The zero-order valence-corrected chi connectivity index (χ0v) is 17.9. The normalized spacial score (nSPS) is 10.9. The molecule has 0 atom stereocenters. The summed E-state index contributed by atoms with van der Waals surface area (Å²) in [6, 6.07) is 17.2. The summed E-state index contributed by atoms with van der Waals surface area (Å²) in [4.78, 5) is 23.2. The summed E-state index contributed by atoms with van der Waals surface area (Å²) in [7, 11) is 1.52. The van der Waals surface area contributed by atoms with Gasteiger partial charge in [0.1, 0.15) is 18.0 Å². The van der Waals surface area contributed by atoms with Gasteiger partial charge in [0.25, 0.3) is 5.69 Å². The zero-order chi connectivity index (χ0) is 24.2. The number of methoxy groups -OCH3 is 1. The molecule has 0 aliphatic heterocycles. The second-order valence-corrected chi connectivity index (χ2v) is 7.31. The second-order valence-electron chi connectivity index (χ2n) is 7.31. The van der Waals surface area contributed by atoms with Crippen LogP contribution < -0.4 is 14.8 Å². The smallest absolute Gasteiger partial charge is 0.387 e. The Kier molecular flexibility index (Phi) is 6.39. The Hall–Kier alpha value is -4.47. The summed E-state index contributed by atoms with van der Waals surface area (Å²) in [6.45, 7) is -3.05. The van der Waals surface area contributed by atoms with E-state index < -0.39 is 11.5 Å². The van der Waals surface area contributed by atoms with Crippen molar-refractivity contribution in [3.63, 3.8) is 0 Å². The lowest BCUT2D eigenvalue weighted by Crippen LogP contribution is -2.18. The number of hydrogen-bond donors (Lipinski definition) is 1. The molecule has 0 bridgehead atoms. The predicted octanol–water partition coefficient (Wildman–Crippen LogP) is 5.47. The molecule has 0 fully saturated rings. The maximum Gasteiger partial charge on any atom is 0.387 e. The van der Waals surface area contributed by atoms with E-state index in [9.17, 15) is 23.7 Å². The fourth-order valence-electron chi connectivity index (χ4n) is 3.60. The Balaban J connectivity index is 1.56. The third-order valence-corrected chi connectivity index (χ3v) is 5.16. The van der Waals surface area contributed by atoms with Gasteiger partial charge >= 0.3 is 6.61 Å². The van der Waals surface area contributed by atoms with E-state index in [1.807, 2.05) is 0 Å². The van der Waals surface area contributed by atoms with Crippen molar-refractivity contribution in [2.45, 2.75) is 13.2 Å². The van der Waals surface area contributed by atoms with Crippen molar-refractivity contribution < 1.29 is 28.0 Å². The van der Waals surface area contributed by atoms with E-state index in [1.54, 1.807) is 53.2 Å². The van der Waals surface area contributed by atoms with E-state index >= 15 is 0 Å². The first-order chi connectivity index (χ1) is 16.3. The number of nitro benzene ring substituents is 1. The molecule has 0 aliphatic rings. The van der Waals surface area contributed by atoms with Crippen LogP contribution in [0.25, 0.3) is 22.0 Å². The van der Waals surface area contributed by atoms with E-state index in [2.05, 4.69) is 10.1 Å². The predicted molar refractivity (Wildman–Crippen MR) is 122 cm³/mol. The molecule has 174 valence electrons. The Morgan fingerprint density at radius 1 is 1.09 bits per heavy atom. The number of nitro groups is 1. The largest absolute Gasteiger partial charge is 0.497 e. The van der Waals surface area contributed by atoms with Gasteiger partial charge < -0.3 is 19.4 Å². The number of nitrogens with one attached hydrogen (secondary N) is 1. The van der Waals surface area contributed by atoms with Gasteiger partial charge in [0.2, 0.25) is 5.91 Å². The first-order valence-corrected chi connectivity index (χ1v) is 10.1. The molecular weight excluding hydrogens is 448 g/mol. The first-order valence-electron chi connectivity index (χ1n) is 10.1. The van der Waals surface area contributed by atoms with Crippen molar-refractivity contribution in [2.24, 2.45) is 0 Å². The monoisotopic (exact) mass is 467 g/mol. The number of carbonyl (C=O) groups excluding carboxylic acids is 1. The average molecular weight is 467 g/mol. The third-order valence-electron chi connectivity index (χ3n) is 5.16. The van der Waals surface area contributed by atoms with Gasteiger partial charge in [0, 0.05) is 40.5 Å². The van der Waals surface area contributed by atoms with Crippen molar-refractivity contribution >= 4 is 28.2 Å². The van der Waals surface area contributed by atoms with Crippen molar-refractivity contribution in [1.82, 2.24) is 4.57 Å². The highest BCUT2D eigenvalue weighted by Crippen LogP contribution is 2.34. The summed E-state index contributed by atoms with van der Waals surface area (Å²) in [5.74, 6) is 0.212. The summed E-state index contributed by atoms with van der Waals surface area (Å²) >= 11 is 0. The molecule has 0 radical (unpaired) electrons. The molecule has 1 heterocycles. The standard InChI is InChI=1S/C24H19F2N3O5/c1-33-19-6-2-15(3-7-19)20-13-17(4-9-22(20)34-24(25)26)27-23(30)14-28-11-10-16-12-18(29(31)32)5-8-21(16)28/h2-13,24H,14H2,1H3,(H,27,30). The number of rotatable bonds is 8. The lowest BCUT2D eigenvalue weighted by molar-refractivity contribution is -0.384. The van der Waals surface area contributed by atoms with Crippen LogP contribution in [0.4, 0.5) is 20.2 Å². The van der Waals surface area contributed by atoms with Gasteiger partial charge in [-0.05, 0) is 48.0 Å². The van der Waals surface area contributed by atoms with Crippen molar-refractivity contribution in [1.29, 1.82) is 0 Å². The molecule has 0 aliphatic carbocycles. The molecule has 4 aromatic rings. The fourth-order valence-corrected chi connectivity index (χ4v) is 3.60. The molecule has 3 aromatic carbocycles. The topological polar surface area (TPSA) is 95.6 Å². The highest BCUT2D eigenvalue weighted by Gasteiger charge is 2.15. The number of non-ortho nitro benzene ring substituents is 1. The molecule has 1 N–H and O–H groups in total. The minimum absolute atomic E-state index is 0.0313. The van der Waals surface area contributed by atoms with Crippen LogP contribution in [0.3, 0.4) is 0 Å². The number of hydrogen-bond acceptors (Lipinski definition) is 5. The first kappa shape index (κ1) is 22.7. The van der Waals surface area contributed by atoms with Crippen LogP contribution in [0.2, 0.25) is 0 Å². The molecule has 1 aromatic heterocycles. The molecule has 8 nitrogen and oxygen atoms in total. The van der Waals surface area contributed by atoms with Crippen LogP contribution in [-0.4, -0.2) is 29.1 Å². The van der Waals surface area contributed by atoms with Crippen LogP contribution >= 0.6 is 0 Å². The Labute approximate surface area is 192 Å². The molecule has 10 heteroatoms. The maximum atomic E-state index is 12.9. The fraction of sp³-hybridized carbons (Fsp3) is 0.125. The van der Waals surface area contributed by atoms with Crippen molar-refractivity contribution in [3.8, 4) is 22.6 Å². The molecular formula is C24H19F2N3O5. The van der Waals surface area contributed by atoms with Crippen LogP contribution in [-0.2, 0) is 11.3 Å². The summed E-state index contributed by atoms with van der Waals surface area (Å²) < 4.78 is 37.2. The van der Waals surface area contributed by atoms with Crippen LogP contribution in [0, 0.1) is 10.1 Å². The molecule has 0 saturated carbocycles. The average Bonchev–Trinajstić information content (AvgIpc) is 3.21. The van der Waals surface area contributed by atoms with Gasteiger partial charge in [0.05, 0.1) is 12.0 Å². The van der Waals surface area contributed by atoms with Crippen molar-refractivity contribution in [2.75, 3.05) is 12.4 Å². The number of halogens is 2. The van der Waals surface area contributed by atoms with Gasteiger partial charge in [-0.25, -0.2) is 0 Å². The summed E-state index contributed by atoms with van der Waals surface area (Å²) in [5, 5.41) is 14.3. The van der Waals surface area contributed by atoms with Crippen molar-refractivity contribution in [3.05, 3.63) is 83.0 Å². The molecule has 0 unspecified atom stereocenters. The van der Waals surface area contributed by atoms with E-state index in [0.717, 1.165) is 0 Å². The number of aromatic nitrogens is 1. The number of anilines is 1. The molecule has 0 spiro atoms. The molecule has 1 amide bonds.